The number of phenols is 2. The lowest BCUT2D eigenvalue weighted by Crippen LogP contribution is -2.81. The van der Waals surface area contributed by atoms with Gasteiger partial charge in [-0.05, 0) is 247 Å². The second-order valence-electron chi connectivity index (χ2n) is 34.6. The summed E-state index contributed by atoms with van der Waals surface area (Å²) in [5.41, 5.74) is 11.2. The maximum Gasteiger partial charge on any atom is 0.335 e. The van der Waals surface area contributed by atoms with Gasteiger partial charge in [0.05, 0.1) is 35.3 Å². The largest absolute Gasteiger partial charge is 0.507 e. The number of phenolic OH excluding ortho intramolecular Hbond substituents is 2. The number of aromatic hydroxyl groups is 2. The number of ether oxygens (including phenoxy) is 4. The fourth-order valence-corrected chi connectivity index (χ4v) is 28.5. The van der Waals surface area contributed by atoms with Gasteiger partial charge in [0.2, 0.25) is 6.29 Å². The predicted octanol–water partition coefficient (Wildman–Crippen LogP) is 11.6. The van der Waals surface area contributed by atoms with Gasteiger partial charge in [-0.2, -0.15) is 0 Å². The van der Waals surface area contributed by atoms with Crippen LogP contribution in [0.2, 0.25) is 0 Å². The molecule has 15 nitrogen and oxygen atoms in total. The first kappa shape index (κ1) is 58.0. The molecule has 17 unspecified atom stereocenters. The number of aromatic carboxylic acids is 1. The highest BCUT2D eigenvalue weighted by atomic mass is 16.7. The van der Waals surface area contributed by atoms with E-state index in [-0.39, 0.29) is 80.9 Å². The van der Waals surface area contributed by atoms with Gasteiger partial charge >= 0.3 is 5.97 Å². The van der Waals surface area contributed by atoms with Gasteiger partial charge in [-0.1, -0.05) is 57.4 Å². The minimum Gasteiger partial charge on any atom is -0.507 e. The number of fused-ring (bicyclic) bond motifs is 6. The third-order valence-corrected chi connectivity index (χ3v) is 31.0. The van der Waals surface area contributed by atoms with Crippen molar-refractivity contribution in [3.63, 3.8) is 0 Å². The van der Waals surface area contributed by atoms with E-state index in [0.29, 0.717) is 72.4 Å². The van der Waals surface area contributed by atoms with Gasteiger partial charge in [-0.3, -0.25) is 15.6 Å². The number of carboxylic acids is 1. The van der Waals surface area contributed by atoms with Crippen molar-refractivity contribution in [1.29, 1.82) is 0 Å². The first-order valence-electron chi connectivity index (χ1n) is 35.7. The van der Waals surface area contributed by atoms with Crippen LogP contribution in [0.1, 0.15) is 239 Å². The Balaban J connectivity index is 0.780. The minimum atomic E-state index is -1.82. The highest BCUT2D eigenvalue weighted by Crippen LogP contribution is 2.87. The third-order valence-electron chi connectivity index (χ3n) is 31.0. The molecule has 2 aromatic rings. The van der Waals surface area contributed by atoms with Crippen molar-refractivity contribution in [2.24, 2.45) is 66.5 Å². The van der Waals surface area contributed by atoms with Crippen molar-refractivity contribution in [2.45, 2.75) is 273 Å². The zero-order valence-corrected chi connectivity index (χ0v) is 52.8. The van der Waals surface area contributed by atoms with E-state index in [1.165, 1.54) is 178 Å². The summed E-state index contributed by atoms with van der Waals surface area (Å²) in [7, 11) is 0. The number of carboxylic acid groups (broad SMARTS) is 1. The van der Waals surface area contributed by atoms with Gasteiger partial charge in [0.1, 0.15) is 41.2 Å². The monoisotopic (exact) mass is 1220 g/mol. The number of Topliss-reactive ketones (excluding diaryl/α,β-unsaturated/α-hetero) is 1. The molecule has 0 radical (unpaired) electrons. The summed E-state index contributed by atoms with van der Waals surface area (Å²) in [5, 5.41) is 85.0. The highest BCUT2D eigenvalue weighted by molar-refractivity contribution is 6.11. The van der Waals surface area contributed by atoms with Crippen LogP contribution in [-0.4, -0.2) is 121 Å². The van der Waals surface area contributed by atoms with Crippen LogP contribution >= 0.6 is 0 Å². The van der Waals surface area contributed by atoms with Crippen LogP contribution in [0.5, 0.6) is 17.2 Å². The number of rotatable bonds is 7. The number of hydrogen-bond acceptors (Lipinski definition) is 14. The molecule has 17 atom stereocenters. The van der Waals surface area contributed by atoms with Crippen molar-refractivity contribution in [3.05, 3.63) is 51.6 Å². The molecule has 4 saturated heterocycles. The van der Waals surface area contributed by atoms with E-state index in [4.69, 9.17) is 18.9 Å². The van der Waals surface area contributed by atoms with E-state index in [1.807, 2.05) is 0 Å². The molecule has 18 rings (SSSR count). The van der Waals surface area contributed by atoms with Crippen LogP contribution in [0.15, 0.2) is 34.9 Å². The Bertz CT molecular complexity index is 3420. The molecule has 2 aromatic carbocycles. The quantitative estimate of drug-likeness (QED) is 0.0926. The number of hydrogen-bond donors (Lipinski definition) is 9. The standard InChI is InChI=1S/C74H98N2O13/c1-41-52(42(2)78)56(80)54-46(55(41)79)26-43(62(84)85)27-49(54)87-63-57(81)59(82)74-29-48-53-45(50(89-74)30-66(18-7-8-19-66)60(83)61(74)88-63)12-13-47(53)72(22-11-25-77)40-86-32-44-28-67-36-70(31-51(67)75-76-73(48,37-67)58(44)72)39-71(38-69(70)24-23-64(33-69)14-3-4-15-64)35-65(16-5-6-17-65)34-68(71)20-9-10-21-68/h13,26-27,44,48,50-51,57-61,63,75-77,79-83H,3-12,14-25,28-40H2,1-2H3,(H,84,85). The topological polar surface area (TPSA) is 237 Å². The SMILES string of the molecule is CC(=O)c1c(C)c(O)c2cc(C(=O)O)cc(OC3OC4C(O)C5(CCCC5)CC5OC4(CC4C6=C5CC=C6C5(CCCO)COCC6CC78CC4(NNC7CC4(C8)CC7(CC8(CCCC8)CC78CCCC8)CC47CCC4(CCCC4)C7)C65)C(O)C3O)c2c1O. The molecule has 5 aliphatic heterocycles. The lowest BCUT2D eigenvalue weighted by Gasteiger charge is -2.72. The van der Waals surface area contributed by atoms with Gasteiger partial charge in [0, 0.05) is 52.5 Å². The number of aliphatic hydroxyl groups is 4. The second-order valence-corrected chi connectivity index (χ2v) is 34.6. The summed E-state index contributed by atoms with van der Waals surface area (Å²) >= 11 is 0. The summed E-state index contributed by atoms with van der Waals surface area (Å²) in [6, 6.07) is 2.65. The Kier molecular flexibility index (Phi) is 12.4. The van der Waals surface area contributed by atoms with Crippen molar-refractivity contribution >= 4 is 22.5 Å². The Hall–Kier alpha value is -3.64. The summed E-state index contributed by atoms with van der Waals surface area (Å²) in [4.78, 5) is 25.9. The molecule has 14 fully saturated rings. The van der Waals surface area contributed by atoms with E-state index in [9.17, 15) is 45.3 Å². The number of carbonyl (C=O) groups is 2. The zero-order valence-electron chi connectivity index (χ0n) is 52.8. The number of nitrogens with one attached hydrogen (secondary N) is 2. The first-order chi connectivity index (χ1) is 42.7. The lowest BCUT2D eigenvalue weighted by molar-refractivity contribution is -0.340. The first-order valence-corrected chi connectivity index (χ1v) is 35.7. The van der Waals surface area contributed by atoms with Gasteiger partial charge in [-0.25, -0.2) is 4.79 Å². The molecule has 89 heavy (non-hydrogen) atoms. The molecule has 15 heteroatoms. The van der Waals surface area contributed by atoms with Crippen molar-refractivity contribution in [2.75, 3.05) is 19.8 Å². The third kappa shape index (κ3) is 7.33. The second kappa shape index (κ2) is 19.1. The smallest absolute Gasteiger partial charge is 0.335 e. The zero-order chi connectivity index (χ0) is 60.9. The Morgan fingerprint density at radius 3 is 2.18 bits per heavy atom. The van der Waals surface area contributed by atoms with E-state index in [1.54, 1.807) is 0 Å². The fraction of sp³-hybridized carbons (Fsp3) is 0.784. The van der Waals surface area contributed by atoms with Crippen LogP contribution in [0, 0.1) is 73.4 Å². The van der Waals surface area contributed by atoms with Crippen molar-refractivity contribution < 1.29 is 64.3 Å². The molecule has 16 aliphatic rings. The normalized spacial score (nSPS) is 45.9. The Labute approximate surface area is 523 Å². The molecule has 482 valence electrons. The number of ketones is 1. The molecule has 11 aliphatic carbocycles. The molecule has 10 spiro atoms. The number of carbonyl (C=O) groups excluding carboxylic acids is 1. The molecule has 0 aromatic heterocycles. The van der Waals surface area contributed by atoms with E-state index in [2.05, 4.69) is 16.9 Å². The average Bonchev–Trinajstić information content (AvgIpc) is 1.48. The maximum atomic E-state index is 13.7. The molecule has 9 N–H and O–H groups in total. The minimum absolute atomic E-state index is 0.0649. The lowest BCUT2D eigenvalue weighted by atomic mass is 9.38. The van der Waals surface area contributed by atoms with Crippen LogP contribution in [0.4, 0.5) is 0 Å². The Morgan fingerprint density at radius 2 is 1.44 bits per heavy atom. The predicted molar refractivity (Wildman–Crippen MR) is 330 cm³/mol. The van der Waals surface area contributed by atoms with Gasteiger partial charge in [0.25, 0.3) is 0 Å². The van der Waals surface area contributed by atoms with Crippen molar-refractivity contribution in [1.82, 2.24) is 10.9 Å². The van der Waals surface area contributed by atoms with Crippen molar-refractivity contribution in [3.8, 4) is 17.2 Å². The summed E-state index contributed by atoms with van der Waals surface area (Å²) in [5.74, 6) is -3.06. The van der Waals surface area contributed by atoms with Gasteiger partial charge < -0.3 is 54.7 Å². The number of hydrazine groups is 1. The highest BCUT2D eigenvalue weighted by Gasteiger charge is 2.82. The van der Waals surface area contributed by atoms with E-state index >= 15 is 0 Å². The van der Waals surface area contributed by atoms with Crippen LogP contribution < -0.4 is 15.6 Å². The molecule has 10 saturated carbocycles. The summed E-state index contributed by atoms with van der Waals surface area (Å²) in [6.07, 6.45) is 31.6. The molecule has 4 bridgehead atoms. The summed E-state index contributed by atoms with van der Waals surface area (Å²) in [6.45, 7) is 4.06. The van der Waals surface area contributed by atoms with Gasteiger partial charge in [-0.15, -0.1) is 0 Å². The molecule has 5 heterocycles. The van der Waals surface area contributed by atoms with Crippen LogP contribution in [-0.2, 0) is 14.2 Å². The summed E-state index contributed by atoms with van der Waals surface area (Å²) < 4.78 is 28.9. The van der Waals surface area contributed by atoms with Crippen LogP contribution in [0.3, 0.4) is 0 Å². The number of allylic oxidation sites excluding steroid dienone is 1. The maximum absolute atomic E-state index is 13.7. The fourth-order valence-electron chi connectivity index (χ4n) is 28.5. The van der Waals surface area contributed by atoms with Gasteiger partial charge in [0.15, 0.2) is 5.78 Å². The molecular weight excluding hydrogens is 1120 g/mol. The van der Waals surface area contributed by atoms with E-state index in [0.717, 1.165) is 32.1 Å². The number of benzene rings is 2. The molecular formula is C74H98N2O13. The molecule has 0 amide bonds. The number of aliphatic hydroxyl groups excluding tert-OH is 4. The Morgan fingerprint density at radius 1 is 0.730 bits per heavy atom. The average molecular weight is 1220 g/mol. The van der Waals surface area contributed by atoms with Crippen LogP contribution in [0.25, 0.3) is 10.8 Å². The van der Waals surface area contributed by atoms with E-state index < -0.39 is 82.0 Å².